The Morgan fingerprint density at radius 1 is 1.26 bits per heavy atom. The minimum absolute atomic E-state index is 0.167. The highest BCUT2D eigenvalue weighted by Gasteiger charge is 2.13. The Morgan fingerprint density at radius 2 is 1.95 bits per heavy atom. The third-order valence-electron chi connectivity index (χ3n) is 2.43. The molecule has 0 aliphatic carbocycles. The van der Waals surface area contributed by atoms with Gasteiger partial charge in [-0.3, -0.25) is 4.79 Å². The predicted molar refractivity (Wildman–Crippen MR) is 76.0 cm³/mol. The van der Waals surface area contributed by atoms with E-state index in [1.165, 1.54) is 0 Å². The van der Waals surface area contributed by atoms with Crippen molar-refractivity contribution in [3.05, 3.63) is 24.3 Å². The molecule has 1 aromatic carbocycles. The lowest BCUT2D eigenvalue weighted by molar-refractivity contribution is -0.127. The van der Waals surface area contributed by atoms with Gasteiger partial charge in [0.25, 0.3) is 5.91 Å². The molecule has 5 nitrogen and oxygen atoms in total. The summed E-state index contributed by atoms with van der Waals surface area (Å²) in [6.45, 7) is 6.49. The molecule has 0 aliphatic heterocycles. The second-order valence-electron chi connectivity index (χ2n) is 4.55. The monoisotopic (exact) mass is 266 g/mol. The van der Waals surface area contributed by atoms with Gasteiger partial charge < -0.3 is 20.5 Å². The van der Waals surface area contributed by atoms with Crippen molar-refractivity contribution in [3.8, 4) is 0 Å². The maximum absolute atomic E-state index is 11.8. The quantitative estimate of drug-likeness (QED) is 0.585. The highest BCUT2D eigenvalue weighted by Crippen LogP contribution is 2.12. The fourth-order valence-electron chi connectivity index (χ4n) is 1.44. The molecule has 1 aromatic rings. The summed E-state index contributed by atoms with van der Waals surface area (Å²) in [7, 11) is 0. The van der Waals surface area contributed by atoms with Gasteiger partial charge in [0.2, 0.25) is 0 Å². The first-order valence-corrected chi connectivity index (χ1v) is 6.38. The minimum Gasteiger partial charge on any atom is -0.399 e. The van der Waals surface area contributed by atoms with Gasteiger partial charge in [0.05, 0.1) is 19.3 Å². The fourth-order valence-corrected chi connectivity index (χ4v) is 1.44. The highest BCUT2D eigenvalue weighted by molar-refractivity contribution is 5.94. The fraction of sp³-hybridized carbons (Fsp3) is 0.500. The standard InChI is InChI=1S/C14H22N2O3/c1-10(2)18-7-8-19-11(3)14(17)16-13-6-4-5-12(15)9-13/h4-6,9-11H,7-8,15H2,1-3H3,(H,16,17). The van der Waals surface area contributed by atoms with Gasteiger partial charge in [0.15, 0.2) is 0 Å². The van der Waals surface area contributed by atoms with Crippen LogP contribution in [-0.2, 0) is 14.3 Å². The maximum Gasteiger partial charge on any atom is 0.253 e. The van der Waals surface area contributed by atoms with Gasteiger partial charge in [0.1, 0.15) is 6.10 Å². The Kier molecular flexibility index (Phi) is 6.32. The van der Waals surface area contributed by atoms with Crippen LogP contribution < -0.4 is 11.1 Å². The van der Waals surface area contributed by atoms with E-state index in [-0.39, 0.29) is 12.0 Å². The molecule has 5 heteroatoms. The topological polar surface area (TPSA) is 73.6 Å². The molecule has 0 radical (unpaired) electrons. The third-order valence-corrected chi connectivity index (χ3v) is 2.43. The lowest BCUT2D eigenvalue weighted by atomic mass is 10.2. The lowest BCUT2D eigenvalue weighted by Crippen LogP contribution is -2.29. The highest BCUT2D eigenvalue weighted by atomic mass is 16.5. The Bertz CT molecular complexity index is 407. The van der Waals surface area contributed by atoms with Crippen molar-refractivity contribution in [2.45, 2.75) is 33.0 Å². The summed E-state index contributed by atoms with van der Waals surface area (Å²) in [4.78, 5) is 11.8. The zero-order valence-electron chi connectivity index (χ0n) is 11.7. The first-order valence-electron chi connectivity index (χ1n) is 6.38. The zero-order valence-corrected chi connectivity index (χ0v) is 11.7. The van der Waals surface area contributed by atoms with Crippen LogP contribution in [0.2, 0.25) is 0 Å². The van der Waals surface area contributed by atoms with E-state index >= 15 is 0 Å². The van der Waals surface area contributed by atoms with E-state index in [0.717, 1.165) is 0 Å². The van der Waals surface area contributed by atoms with Crippen LogP contribution >= 0.6 is 0 Å². The number of carbonyl (C=O) groups excluding carboxylic acids is 1. The number of hydrogen-bond acceptors (Lipinski definition) is 4. The van der Waals surface area contributed by atoms with E-state index in [1.54, 1.807) is 31.2 Å². The molecule has 0 bridgehead atoms. The van der Waals surface area contributed by atoms with E-state index in [1.807, 2.05) is 13.8 Å². The normalized spacial score (nSPS) is 12.4. The van der Waals surface area contributed by atoms with Crippen LogP contribution in [0.25, 0.3) is 0 Å². The predicted octanol–water partition coefficient (Wildman–Crippen LogP) is 2.04. The molecular weight excluding hydrogens is 244 g/mol. The molecule has 0 fully saturated rings. The number of nitrogens with one attached hydrogen (secondary N) is 1. The van der Waals surface area contributed by atoms with Gasteiger partial charge in [-0.2, -0.15) is 0 Å². The smallest absolute Gasteiger partial charge is 0.253 e. The number of carbonyl (C=O) groups is 1. The van der Waals surface area contributed by atoms with Gasteiger partial charge in [0, 0.05) is 11.4 Å². The lowest BCUT2D eigenvalue weighted by Gasteiger charge is -2.14. The molecule has 0 saturated heterocycles. The van der Waals surface area contributed by atoms with E-state index in [4.69, 9.17) is 15.2 Å². The molecule has 1 amide bonds. The van der Waals surface area contributed by atoms with E-state index in [9.17, 15) is 4.79 Å². The second kappa shape index (κ2) is 7.76. The molecule has 1 atom stereocenters. The van der Waals surface area contributed by atoms with E-state index in [2.05, 4.69) is 5.32 Å². The molecule has 0 aromatic heterocycles. The Morgan fingerprint density at radius 3 is 2.58 bits per heavy atom. The van der Waals surface area contributed by atoms with Crippen LogP contribution in [0.3, 0.4) is 0 Å². The number of benzene rings is 1. The number of amides is 1. The van der Waals surface area contributed by atoms with Crippen molar-refractivity contribution < 1.29 is 14.3 Å². The van der Waals surface area contributed by atoms with Crippen molar-refractivity contribution in [3.63, 3.8) is 0 Å². The van der Waals surface area contributed by atoms with Crippen LogP contribution in [0.1, 0.15) is 20.8 Å². The maximum atomic E-state index is 11.8. The van der Waals surface area contributed by atoms with Crippen LogP contribution in [0.5, 0.6) is 0 Å². The summed E-state index contributed by atoms with van der Waals surface area (Å²) < 4.78 is 10.7. The second-order valence-corrected chi connectivity index (χ2v) is 4.55. The van der Waals surface area contributed by atoms with Crippen molar-refractivity contribution in [2.24, 2.45) is 0 Å². The molecule has 1 rings (SSSR count). The average Bonchev–Trinajstić information content (AvgIpc) is 2.34. The number of nitrogens with two attached hydrogens (primary N) is 1. The Balaban J connectivity index is 2.32. The van der Waals surface area contributed by atoms with Gasteiger partial charge in [-0.05, 0) is 39.0 Å². The number of hydrogen-bond donors (Lipinski definition) is 2. The van der Waals surface area contributed by atoms with Crippen molar-refractivity contribution in [1.29, 1.82) is 0 Å². The summed E-state index contributed by atoms with van der Waals surface area (Å²) in [5, 5.41) is 2.75. The van der Waals surface area contributed by atoms with Gasteiger partial charge >= 0.3 is 0 Å². The molecule has 19 heavy (non-hydrogen) atoms. The molecule has 0 aliphatic rings. The van der Waals surface area contributed by atoms with Crippen molar-refractivity contribution in [2.75, 3.05) is 24.3 Å². The molecule has 0 heterocycles. The van der Waals surface area contributed by atoms with Gasteiger partial charge in [-0.15, -0.1) is 0 Å². The van der Waals surface area contributed by atoms with Crippen LogP contribution in [0, 0.1) is 0 Å². The molecule has 0 saturated carbocycles. The first-order chi connectivity index (χ1) is 8.99. The summed E-state index contributed by atoms with van der Waals surface area (Å²) in [6, 6.07) is 7.03. The minimum atomic E-state index is -0.530. The van der Waals surface area contributed by atoms with Gasteiger partial charge in [-0.25, -0.2) is 0 Å². The molecule has 1 unspecified atom stereocenters. The number of anilines is 2. The van der Waals surface area contributed by atoms with E-state index < -0.39 is 6.10 Å². The third kappa shape index (κ3) is 6.22. The van der Waals surface area contributed by atoms with Crippen LogP contribution in [0.4, 0.5) is 11.4 Å². The summed E-state index contributed by atoms with van der Waals surface area (Å²) >= 11 is 0. The Hall–Kier alpha value is -1.59. The molecule has 0 spiro atoms. The van der Waals surface area contributed by atoms with Gasteiger partial charge in [-0.1, -0.05) is 6.07 Å². The summed E-state index contributed by atoms with van der Waals surface area (Å²) in [5.74, 6) is -0.199. The van der Waals surface area contributed by atoms with Crippen molar-refractivity contribution in [1.82, 2.24) is 0 Å². The van der Waals surface area contributed by atoms with E-state index in [0.29, 0.717) is 24.6 Å². The molecular formula is C14H22N2O3. The number of nitrogen functional groups attached to an aromatic ring is 1. The largest absolute Gasteiger partial charge is 0.399 e. The van der Waals surface area contributed by atoms with Crippen LogP contribution in [0.15, 0.2) is 24.3 Å². The summed E-state index contributed by atoms with van der Waals surface area (Å²) in [6.07, 6.45) is -0.364. The zero-order chi connectivity index (χ0) is 14.3. The number of rotatable bonds is 7. The first kappa shape index (κ1) is 15.5. The summed E-state index contributed by atoms with van der Waals surface area (Å²) in [5.41, 5.74) is 6.91. The molecule has 3 N–H and O–H groups in total. The SMILES string of the molecule is CC(C)OCCOC(C)C(=O)Nc1cccc(N)c1. The number of ether oxygens (including phenoxy) is 2. The van der Waals surface area contributed by atoms with Crippen molar-refractivity contribution >= 4 is 17.3 Å². The molecule has 106 valence electrons. The van der Waals surface area contributed by atoms with Crippen LogP contribution in [-0.4, -0.2) is 31.3 Å². The Labute approximate surface area is 114 Å². The average molecular weight is 266 g/mol.